The molecule has 0 aliphatic rings. The minimum atomic E-state index is -1.01. The minimum absolute atomic E-state index is 0.129. The summed E-state index contributed by atoms with van der Waals surface area (Å²) in [7, 11) is 0. The normalized spacial score (nSPS) is 14.6. The molecule has 0 heterocycles. The fourth-order valence-electron chi connectivity index (χ4n) is 0.647. The van der Waals surface area contributed by atoms with Crippen molar-refractivity contribution < 1.29 is 24.5 Å². The summed E-state index contributed by atoms with van der Waals surface area (Å²) in [5, 5.41) is 16.9. The van der Waals surface area contributed by atoms with Crippen LogP contribution in [-0.4, -0.2) is 42.0 Å². The maximum absolute atomic E-state index is 10.8. The summed E-state index contributed by atoms with van der Waals surface area (Å²) in [6, 6.07) is 0. The Hall–Kier alpha value is -0.890. The maximum Gasteiger partial charge on any atom is 0.511 e. The van der Waals surface area contributed by atoms with Crippen LogP contribution in [0.25, 0.3) is 0 Å². The maximum atomic E-state index is 10.8. The molecule has 0 aromatic rings. The number of hydrogen-bond donors (Lipinski definition) is 4. The molecule has 2 atom stereocenters. The average Bonchev–Trinajstić information content (AvgIpc) is 2.03. The van der Waals surface area contributed by atoms with E-state index in [4.69, 9.17) is 21.7 Å². The molecule has 7 heteroatoms. The van der Waals surface area contributed by atoms with Gasteiger partial charge in [-0.3, -0.25) is 11.5 Å². The van der Waals surface area contributed by atoms with Gasteiger partial charge in [0.15, 0.2) is 12.5 Å². The van der Waals surface area contributed by atoms with Crippen LogP contribution in [0.1, 0.15) is 12.8 Å². The predicted octanol–water partition coefficient (Wildman–Crippen LogP) is -1.53. The Morgan fingerprint density at radius 3 is 1.71 bits per heavy atom. The summed E-state index contributed by atoms with van der Waals surface area (Å²) >= 11 is 0. The molecule has 0 aromatic heterocycles. The fraction of sp³-hybridized carbons (Fsp3) is 0.857. The van der Waals surface area contributed by atoms with Crippen LogP contribution in [0.15, 0.2) is 0 Å². The second kappa shape index (κ2) is 7.51. The lowest BCUT2D eigenvalue weighted by atomic mass is 10.4. The van der Waals surface area contributed by atoms with Gasteiger partial charge in [0, 0.05) is 26.1 Å². The number of aliphatic hydroxyl groups is 2. The average molecular weight is 208 g/mol. The van der Waals surface area contributed by atoms with Crippen LogP contribution in [0.5, 0.6) is 0 Å². The SMILES string of the molecule is NC(CCO)OC(=O)OC(N)CCO. The van der Waals surface area contributed by atoms with Crippen molar-refractivity contribution in [2.24, 2.45) is 11.5 Å². The van der Waals surface area contributed by atoms with Crippen LogP contribution in [0, 0.1) is 0 Å². The Morgan fingerprint density at radius 1 is 1.07 bits per heavy atom. The highest BCUT2D eigenvalue weighted by Crippen LogP contribution is 1.97. The summed E-state index contributed by atoms with van der Waals surface area (Å²) in [6.45, 7) is -0.367. The van der Waals surface area contributed by atoms with Gasteiger partial charge in [0.25, 0.3) is 0 Å². The van der Waals surface area contributed by atoms with Gasteiger partial charge >= 0.3 is 6.16 Å². The first-order valence-electron chi connectivity index (χ1n) is 4.20. The standard InChI is InChI=1S/C7H16N2O5/c8-5(1-3-10)13-7(12)14-6(9)2-4-11/h5-6,10-11H,1-4,8-9H2. The van der Waals surface area contributed by atoms with E-state index >= 15 is 0 Å². The Kier molecular flexibility index (Phi) is 7.03. The van der Waals surface area contributed by atoms with E-state index in [2.05, 4.69) is 9.47 Å². The van der Waals surface area contributed by atoms with Crippen molar-refractivity contribution in [1.82, 2.24) is 0 Å². The van der Waals surface area contributed by atoms with Crippen molar-refractivity contribution in [1.29, 1.82) is 0 Å². The molecule has 0 aromatic carbocycles. The molecule has 0 aliphatic carbocycles. The number of rotatable bonds is 6. The molecule has 0 radical (unpaired) electrons. The highest BCUT2D eigenvalue weighted by atomic mass is 16.7. The molecule has 7 nitrogen and oxygen atoms in total. The van der Waals surface area contributed by atoms with E-state index < -0.39 is 18.6 Å². The number of ether oxygens (including phenoxy) is 2. The molecule has 6 N–H and O–H groups in total. The first-order chi connectivity index (χ1) is 6.60. The third-order valence-electron chi connectivity index (χ3n) is 1.32. The highest BCUT2D eigenvalue weighted by molar-refractivity contribution is 5.60. The van der Waals surface area contributed by atoms with E-state index in [1.54, 1.807) is 0 Å². The van der Waals surface area contributed by atoms with Crippen molar-refractivity contribution in [3.05, 3.63) is 0 Å². The number of carbonyl (C=O) groups is 1. The van der Waals surface area contributed by atoms with Crippen LogP contribution < -0.4 is 11.5 Å². The lowest BCUT2D eigenvalue weighted by Crippen LogP contribution is -2.33. The molecule has 0 rings (SSSR count). The number of carbonyl (C=O) groups excluding carboxylic acids is 1. The summed E-state index contributed by atoms with van der Waals surface area (Å²) in [6.07, 6.45) is -2.57. The molecule has 0 amide bonds. The molecule has 0 aliphatic heterocycles. The third-order valence-corrected chi connectivity index (χ3v) is 1.32. The van der Waals surface area contributed by atoms with Gasteiger partial charge in [0.05, 0.1) is 0 Å². The summed E-state index contributed by atoms with van der Waals surface area (Å²) in [5.74, 6) is 0. The van der Waals surface area contributed by atoms with Crippen LogP contribution in [0.2, 0.25) is 0 Å². The minimum Gasteiger partial charge on any atom is -0.415 e. The van der Waals surface area contributed by atoms with Crippen molar-refractivity contribution in [3.63, 3.8) is 0 Å². The van der Waals surface area contributed by atoms with Gasteiger partial charge in [-0.25, -0.2) is 4.79 Å². The molecule has 0 fully saturated rings. The topological polar surface area (TPSA) is 128 Å². The third kappa shape index (κ3) is 6.61. The molecular formula is C7H16N2O5. The van der Waals surface area contributed by atoms with Crippen LogP contribution in [0.3, 0.4) is 0 Å². The smallest absolute Gasteiger partial charge is 0.415 e. The fourth-order valence-corrected chi connectivity index (χ4v) is 0.647. The Balaban J connectivity index is 3.63. The first kappa shape index (κ1) is 13.1. The predicted molar refractivity (Wildman–Crippen MR) is 46.9 cm³/mol. The van der Waals surface area contributed by atoms with E-state index in [1.165, 1.54) is 0 Å². The molecule has 0 spiro atoms. The van der Waals surface area contributed by atoms with E-state index in [1.807, 2.05) is 0 Å². The van der Waals surface area contributed by atoms with E-state index in [9.17, 15) is 4.79 Å². The van der Waals surface area contributed by atoms with Crippen molar-refractivity contribution in [2.45, 2.75) is 25.3 Å². The second-order valence-corrected chi connectivity index (χ2v) is 2.59. The van der Waals surface area contributed by atoms with Crippen LogP contribution in [0.4, 0.5) is 4.79 Å². The summed E-state index contributed by atoms with van der Waals surface area (Å²) < 4.78 is 9.01. The molecular weight excluding hydrogens is 192 g/mol. The number of hydrogen-bond acceptors (Lipinski definition) is 7. The van der Waals surface area contributed by atoms with Gasteiger partial charge in [-0.1, -0.05) is 0 Å². The monoisotopic (exact) mass is 208 g/mol. The van der Waals surface area contributed by atoms with E-state index in [0.717, 1.165) is 0 Å². The quantitative estimate of drug-likeness (QED) is 0.308. The van der Waals surface area contributed by atoms with Gasteiger partial charge in [0.2, 0.25) is 0 Å². The van der Waals surface area contributed by atoms with Crippen molar-refractivity contribution >= 4 is 6.16 Å². The van der Waals surface area contributed by atoms with Crippen molar-refractivity contribution in [2.75, 3.05) is 13.2 Å². The lowest BCUT2D eigenvalue weighted by Gasteiger charge is -2.14. The Morgan fingerprint density at radius 2 is 1.43 bits per heavy atom. The van der Waals surface area contributed by atoms with E-state index in [-0.39, 0.29) is 26.1 Å². The van der Waals surface area contributed by atoms with Crippen molar-refractivity contribution in [3.8, 4) is 0 Å². The zero-order valence-electron chi connectivity index (χ0n) is 7.76. The molecule has 0 saturated heterocycles. The molecule has 2 unspecified atom stereocenters. The number of nitrogens with two attached hydrogens (primary N) is 2. The first-order valence-corrected chi connectivity index (χ1v) is 4.20. The van der Waals surface area contributed by atoms with Crippen LogP contribution >= 0.6 is 0 Å². The Bertz CT molecular complexity index is 150. The number of aliphatic hydroxyl groups excluding tert-OH is 2. The largest absolute Gasteiger partial charge is 0.511 e. The van der Waals surface area contributed by atoms with Crippen LogP contribution in [-0.2, 0) is 9.47 Å². The molecule has 14 heavy (non-hydrogen) atoms. The molecule has 0 bridgehead atoms. The van der Waals surface area contributed by atoms with E-state index in [0.29, 0.717) is 0 Å². The van der Waals surface area contributed by atoms with Gasteiger partial charge in [-0.2, -0.15) is 0 Å². The zero-order valence-corrected chi connectivity index (χ0v) is 7.76. The summed E-state index contributed by atoms with van der Waals surface area (Å²) in [5.41, 5.74) is 10.5. The summed E-state index contributed by atoms with van der Waals surface area (Å²) in [4.78, 5) is 10.8. The molecule has 84 valence electrons. The lowest BCUT2D eigenvalue weighted by molar-refractivity contribution is -0.00902. The van der Waals surface area contributed by atoms with Gasteiger partial charge in [0.1, 0.15) is 0 Å². The Labute approximate surface area is 81.6 Å². The van der Waals surface area contributed by atoms with Gasteiger partial charge in [-0.15, -0.1) is 0 Å². The van der Waals surface area contributed by atoms with Gasteiger partial charge in [-0.05, 0) is 0 Å². The second-order valence-electron chi connectivity index (χ2n) is 2.59. The highest BCUT2D eigenvalue weighted by Gasteiger charge is 2.13. The van der Waals surface area contributed by atoms with Gasteiger partial charge < -0.3 is 19.7 Å². The zero-order chi connectivity index (χ0) is 11.0. The molecule has 0 saturated carbocycles.